The van der Waals surface area contributed by atoms with E-state index < -0.39 is 0 Å². The first-order valence-corrected chi connectivity index (χ1v) is 10.9. The van der Waals surface area contributed by atoms with Crippen LogP contribution in [0.15, 0.2) is 23.2 Å². The Morgan fingerprint density at radius 2 is 1.93 bits per heavy atom. The van der Waals surface area contributed by atoms with Crippen LogP contribution >= 0.6 is 35.7 Å². The molecule has 160 valence electrons. The smallest absolute Gasteiger partial charge is 0.305 e. The van der Waals surface area contributed by atoms with Gasteiger partial charge in [0.15, 0.2) is 5.96 Å². The van der Waals surface area contributed by atoms with Crippen LogP contribution in [0.4, 0.5) is 4.39 Å². The molecule has 1 aromatic rings. The topological polar surface area (TPSA) is 62.7 Å². The van der Waals surface area contributed by atoms with Crippen molar-refractivity contribution in [3.63, 3.8) is 0 Å². The van der Waals surface area contributed by atoms with Gasteiger partial charge in [-0.2, -0.15) is 11.8 Å². The Kier molecular flexibility index (Phi) is 16.3. The van der Waals surface area contributed by atoms with Crippen LogP contribution in [0.2, 0.25) is 0 Å². The minimum Gasteiger partial charge on any atom is -0.466 e. The summed E-state index contributed by atoms with van der Waals surface area (Å²) >= 11 is 1.68. The van der Waals surface area contributed by atoms with Crippen molar-refractivity contribution in [1.29, 1.82) is 0 Å². The molecule has 0 saturated heterocycles. The lowest BCUT2D eigenvalue weighted by Gasteiger charge is -2.14. The molecular weight excluding hydrogens is 492 g/mol. The van der Waals surface area contributed by atoms with E-state index >= 15 is 0 Å². The van der Waals surface area contributed by atoms with Crippen LogP contribution in [0.3, 0.4) is 0 Å². The molecule has 1 aromatic carbocycles. The molecule has 0 aliphatic rings. The Morgan fingerprint density at radius 1 is 1.18 bits per heavy atom. The van der Waals surface area contributed by atoms with Gasteiger partial charge in [-0.1, -0.05) is 18.9 Å². The molecule has 8 heteroatoms. The Bertz CT molecular complexity index is 603. The average Bonchev–Trinajstić information content (AvgIpc) is 2.65. The van der Waals surface area contributed by atoms with Crippen molar-refractivity contribution in [2.45, 2.75) is 51.3 Å². The van der Waals surface area contributed by atoms with Gasteiger partial charge in [-0.3, -0.25) is 9.79 Å². The number of halogens is 2. The van der Waals surface area contributed by atoms with Gasteiger partial charge in [-0.15, -0.1) is 24.0 Å². The zero-order valence-electron chi connectivity index (χ0n) is 17.1. The molecule has 5 nitrogen and oxygen atoms in total. The molecule has 0 aliphatic heterocycles. The largest absolute Gasteiger partial charge is 0.466 e. The van der Waals surface area contributed by atoms with Crippen molar-refractivity contribution >= 4 is 47.7 Å². The molecule has 0 fully saturated rings. The summed E-state index contributed by atoms with van der Waals surface area (Å²) in [5.74, 6) is 1.21. The monoisotopic (exact) mass is 525 g/mol. The number of unbranched alkanes of at least 4 members (excludes halogenated alkanes) is 3. The van der Waals surface area contributed by atoms with Crippen LogP contribution in [-0.4, -0.2) is 38.4 Å². The van der Waals surface area contributed by atoms with E-state index in [4.69, 9.17) is 4.74 Å². The lowest BCUT2D eigenvalue weighted by atomic mass is 10.1. The molecule has 0 aromatic heterocycles. The normalized spacial score (nSPS) is 10.9. The summed E-state index contributed by atoms with van der Waals surface area (Å²) < 4.78 is 18.3. The first-order chi connectivity index (χ1) is 13.1. The molecule has 0 aliphatic carbocycles. The Hall–Kier alpha value is -1.03. The standard InChI is InChI=1S/C20H32FN3O2S.HI/c1-4-26-19(25)9-7-5-6-8-12-23-20(22-2)24-14-16-10-11-18(21)13-17(16)15-27-3;/h10-11,13H,4-9,12,14-15H2,1-3H3,(H2,22,23,24);1H. The van der Waals surface area contributed by atoms with Gasteiger partial charge < -0.3 is 15.4 Å². The Morgan fingerprint density at radius 3 is 2.61 bits per heavy atom. The number of thioether (sulfide) groups is 1. The first kappa shape index (κ1) is 27.0. The molecular formula is C20H33FIN3O2S. The van der Waals surface area contributed by atoms with Crippen molar-refractivity contribution in [2.24, 2.45) is 4.99 Å². The van der Waals surface area contributed by atoms with E-state index in [1.54, 1.807) is 24.9 Å². The van der Waals surface area contributed by atoms with Gasteiger partial charge in [0.05, 0.1) is 6.61 Å². The Labute approximate surface area is 189 Å². The van der Waals surface area contributed by atoms with E-state index in [9.17, 15) is 9.18 Å². The van der Waals surface area contributed by atoms with E-state index in [-0.39, 0.29) is 35.8 Å². The van der Waals surface area contributed by atoms with Crippen molar-refractivity contribution in [1.82, 2.24) is 10.6 Å². The summed E-state index contributed by atoms with van der Waals surface area (Å²) in [4.78, 5) is 15.5. The van der Waals surface area contributed by atoms with Gasteiger partial charge in [-0.25, -0.2) is 4.39 Å². The van der Waals surface area contributed by atoms with Gasteiger partial charge >= 0.3 is 5.97 Å². The summed E-state index contributed by atoms with van der Waals surface area (Å²) in [6, 6.07) is 4.91. The van der Waals surface area contributed by atoms with Gasteiger partial charge in [0, 0.05) is 32.3 Å². The van der Waals surface area contributed by atoms with Crippen molar-refractivity contribution in [3.05, 3.63) is 35.1 Å². The molecule has 1 rings (SSSR count). The van der Waals surface area contributed by atoms with Gasteiger partial charge in [0.2, 0.25) is 0 Å². The predicted molar refractivity (Wildman–Crippen MR) is 127 cm³/mol. The third-order valence-electron chi connectivity index (χ3n) is 4.04. The molecule has 0 saturated carbocycles. The lowest BCUT2D eigenvalue weighted by molar-refractivity contribution is -0.143. The first-order valence-electron chi connectivity index (χ1n) is 9.47. The zero-order valence-corrected chi connectivity index (χ0v) is 20.2. The molecule has 0 radical (unpaired) electrons. The highest BCUT2D eigenvalue weighted by atomic mass is 127. The maximum absolute atomic E-state index is 13.4. The summed E-state index contributed by atoms with van der Waals surface area (Å²) in [5.41, 5.74) is 2.08. The van der Waals surface area contributed by atoms with Crippen molar-refractivity contribution < 1.29 is 13.9 Å². The zero-order chi connectivity index (χ0) is 19.9. The second-order valence-corrected chi connectivity index (χ2v) is 7.03. The van der Waals surface area contributed by atoms with E-state index in [1.807, 2.05) is 19.2 Å². The summed E-state index contributed by atoms with van der Waals surface area (Å²) in [6.45, 7) is 3.70. The number of nitrogens with zero attached hydrogens (tertiary/aromatic N) is 1. The maximum Gasteiger partial charge on any atom is 0.305 e. The number of aliphatic imine (C=N–C) groups is 1. The fourth-order valence-corrected chi connectivity index (χ4v) is 3.22. The van der Waals surface area contributed by atoms with Gasteiger partial charge in [-0.05, 0) is 49.3 Å². The maximum atomic E-state index is 13.4. The third kappa shape index (κ3) is 11.7. The molecule has 0 atom stereocenters. The predicted octanol–water partition coefficient (Wildman–Crippen LogP) is 4.49. The van der Waals surface area contributed by atoms with Crippen LogP contribution < -0.4 is 10.6 Å². The highest BCUT2D eigenvalue weighted by molar-refractivity contribution is 14.0. The average molecular weight is 525 g/mol. The molecule has 0 spiro atoms. The Balaban J connectivity index is 0.00000729. The number of nitrogens with one attached hydrogen (secondary N) is 2. The van der Waals surface area contributed by atoms with Crippen LogP contribution in [0, 0.1) is 5.82 Å². The van der Waals surface area contributed by atoms with Crippen LogP contribution in [0.25, 0.3) is 0 Å². The van der Waals surface area contributed by atoms with E-state index in [0.29, 0.717) is 19.6 Å². The van der Waals surface area contributed by atoms with Crippen LogP contribution in [0.5, 0.6) is 0 Å². The number of ether oxygens (including phenoxy) is 1. The van der Waals surface area contributed by atoms with E-state index in [1.165, 1.54) is 6.07 Å². The molecule has 0 bridgehead atoms. The summed E-state index contributed by atoms with van der Waals surface area (Å²) in [7, 11) is 1.74. The van der Waals surface area contributed by atoms with Crippen LogP contribution in [0.1, 0.15) is 50.2 Å². The number of benzene rings is 1. The van der Waals surface area contributed by atoms with Crippen molar-refractivity contribution in [3.8, 4) is 0 Å². The number of hydrogen-bond donors (Lipinski definition) is 2. The summed E-state index contributed by atoms with van der Waals surface area (Å²) in [6.07, 6.45) is 6.46. The molecule has 0 unspecified atom stereocenters. The number of hydrogen-bond acceptors (Lipinski definition) is 4. The second-order valence-electron chi connectivity index (χ2n) is 6.17. The number of esters is 1. The second kappa shape index (κ2) is 16.9. The molecule has 0 heterocycles. The van der Waals surface area contributed by atoms with Crippen molar-refractivity contribution in [2.75, 3.05) is 26.5 Å². The minimum absolute atomic E-state index is 0. The number of carbonyl (C=O) groups is 1. The third-order valence-corrected chi connectivity index (χ3v) is 4.64. The van der Waals surface area contributed by atoms with E-state index in [2.05, 4.69) is 15.6 Å². The lowest BCUT2D eigenvalue weighted by Crippen LogP contribution is -2.37. The van der Waals surface area contributed by atoms with Gasteiger partial charge in [0.1, 0.15) is 5.82 Å². The fraction of sp³-hybridized carbons (Fsp3) is 0.600. The SMILES string of the molecule is CCOC(=O)CCCCCCNC(=NC)NCc1ccc(F)cc1CSC.I. The molecule has 0 amide bonds. The van der Waals surface area contributed by atoms with Crippen LogP contribution in [-0.2, 0) is 21.8 Å². The summed E-state index contributed by atoms with van der Waals surface area (Å²) in [5, 5.41) is 6.57. The number of rotatable bonds is 12. The van der Waals surface area contributed by atoms with E-state index in [0.717, 1.165) is 55.1 Å². The number of guanidine groups is 1. The highest BCUT2D eigenvalue weighted by Crippen LogP contribution is 2.16. The molecule has 28 heavy (non-hydrogen) atoms. The quantitative estimate of drug-likeness (QED) is 0.139. The minimum atomic E-state index is -0.201. The number of carbonyl (C=O) groups excluding carboxylic acids is 1. The highest BCUT2D eigenvalue weighted by Gasteiger charge is 2.05. The molecule has 2 N–H and O–H groups in total. The van der Waals surface area contributed by atoms with Gasteiger partial charge in [0.25, 0.3) is 0 Å². The fourth-order valence-electron chi connectivity index (χ4n) is 2.64.